The van der Waals surface area contributed by atoms with E-state index in [1.54, 1.807) is 26.4 Å². The van der Waals surface area contributed by atoms with Crippen LogP contribution >= 0.6 is 8.53 Å². The summed E-state index contributed by atoms with van der Waals surface area (Å²) in [5.74, 6) is 0.673. The van der Waals surface area contributed by atoms with Crippen molar-refractivity contribution in [2.45, 2.75) is 51.8 Å². The molecule has 0 aliphatic rings. The Labute approximate surface area is 364 Å². The van der Waals surface area contributed by atoms with E-state index < -0.39 is 14.1 Å². The number of carbonyl (C=O) groups excluding carboxylic acids is 2. The van der Waals surface area contributed by atoms with Crippen molar-refractivity contribution >= 4 is 42.1 Å². The molecule has 2 heterocycles. The van der Waals surface area contributed by atoms with Gasteiger partial charge in [0, 0.05) is 35.9 Å². The summed E-state index contributed by atoms with van der Waals surface area (Å²) in [4.78, 5) is 36.5. The largest absolute Gasteiger partial charge is 0.497 e. The van der Waals surface area contributed by atoms with Gasteiger partial charge in [-0.15, -0.1) is 0 Å². The van der Waals surface area contributed by atoms with Gasteiger partial charge < -0.3 is 33.9 Å². The molecule has 6 rings (SSSR count). The molecule has 0 fully saturated rings. The maximum atomic E-state index is 13.7. The van der Waals surface area contributed by atoms with Crippen LogP contribution < -0.4 is 20.1 Å². The SMILES string of the molecule is COc1ccc(C(OCCNC(=O)c2ccc3ccc4ccc(C(=O)NCCOP(OCCC#N)N(C(C)C)C(C)C)nc4c3n2)(c2ccccc2)c2ccc(OC)cc2)cc1. The lowest BCUT2D eigenvalue weighted by atomic mass is 9.80. The summed E-state index contributed by atoms with van der Waals surface area (Å²) in [7, 11) is 1.82. The molecule has 0 spiro atoms. The highest BCUT2D eigenvalue weighted by Gasteiger charge is 2.38. The Kier molecular flexibility index (Phi) is 15.9. The third kappa shape index (κ3) is 10.7. The Morgan fingerprint density at radius 2 is 1.10 bits per heavy atom. The van der Waals surface area contributed by atoms with Gasteiger partial charge in [0.25, 0.3) is 20.3 Å². The van der Waals surface area contributed by atoms with Crippen molar-refractivity contribution in [2.75, 3.05) is 47.1 Å². The van der Waals surface area contributed by atoms with Gasteiger partial charge in [0.2, 0.25) is 0 Å². The number of hydrogen-bond donors (Lipinski definition) is 2. The van der Waals surface area contributed by atoms with Gasteiger partial charge in [-0.25, -0.2) is 14.6 Å². The highest BCUT2D eigenvalue weighted by atomic mass is 31.2. The van der Waals surface area contributed by atoms with Gasteiger partial charge in [-0.1, -0.05) is 78.9 Å². The van der Waals surface area contributed by atoms with E-state index >= 15 is 0 Å². The molecule has 2 N–H and O–H groups in total. The number of rotatable bonds is 21. The van der Waals surface area contributed by atoms with E-state index in [9.17, 15) is 9.59 Å². The number of nitriles is 1. The number of benzene rings is 4. The third-order valence-corrected chi connectivity index (χ3v) is 12.2. The van der Waals surface area contributed by atoms with E-state index in [0.29, 0.717) is 11.0 Å². The lowest BCUT2D eigenvalue weighted by Crippen LogP contribution is -2.36. The number of fused-ring (bicyclic) bond motifs is 3. The number of aromatic nitrogens is 2. The van der Waals surface area contributed by atoms with Gasteiger partial charge in [0.15, 0.2) is 0 Å². The minimum atomic E-state index is -1.44. The molecule has 2 amide bonds. The van der Waals surface area contributed by atoms with Crippen LogP contribution in [0.2, 0.25) is 0 Å². The molecule has 0 aliphatic heterocycles. The van der Waals surface area contributed by atoms with Crippen LogP contribution in [0.5, 0.6) is 11.5 Å². The van der Waals surface area contributed by atoms with Crippen LogP contribution in [0.15, 0.2) is 115 Å². The molecule has 0 saturated heterocycles. The zero-order valence-electron chi connectivity index (χ0n) is 36.0. The van der Waals surface area contributed by atoms with Crippen molar-refractivity contribution in [2.24, 2.45) is 0 Å². The lowest BCUT2D eigenvalue weighted by molar-refractivity contribution is 0.0148. The Morgan fingerprint density at radius 3 is 1.56 bits per heavy atom. The van der Waals surface area contributed by atoms with Crippen LogP contribution in [0.1, 0.15) is 71.8 Å². The van der Waals surface area contributed by atoms with E-state index in [1.807, 2.05) is 103 Å². The molecule has 1 atom stereocenters. The van der Waals surface area contributed by atoms with Crippen molar-refractivity contribution in [1.82, 2.24) is 25.3 Å². The van der Waals surface area contributed by atoms with Crippen LogP contribution in [0.4, 0.5) is 0 Å². The first-order chi connectivity index (χ1) is 30.1. The van der Waals surface area contributed by atoms with E-state index in [-0.39, 0.29) is 74.6 Å². The van der Waals surface area contributed by atoms with E-state index in [2.05, 4.69) is 49.1 Å². The maximum Gasteiger partial charge on any atom is 0.269 e. The number of methoxy groups -OCH3 is 2. The van der Waals surface area contributed by atoms with Crippen molar-refractivity contribution < 1.29 is 32.8 Å². The summed E-state index contributed by atoms with van der Waals surface area (Å²) in [6, 6.07) is 38.7. The van der Waals surface area contributed by atoms with Crippen LogP contribution in [0.3, 0.4) is 0 Å². The van der Waals surface area contributed by atoms with Crippen molar-refractivity contribution in [1.29, 1.82) is 5.26 Å². The summed E-state index contributed by atoms with van der Waals surface area (Å²) in [6.07, 6.45) is 0.259. The highest BCUT2D eigenvalue weighted by molar-refractivity contribution is 7.44. The second-order valence-corrected chi connectivity index (χ2v) is 16.3. The van der Waals surface area contributed by atoms with Crippen LogP contribution in [0, 0.1) is 11.3 Å². The van der Waals surface area contributed by atoms with Crippen LogP contribution in [-0.2, 0) is 19.4 Å². The zero-order valence-corrected chi connectivity index (χ0v) is 36.9. The van der Waals surface area contributed by atoms with Gasteiger partial charge in [-0.3, -0.25) is 9.59 Å². The average molecular weight is 857 g/mol. The molecule has 0 radical (unpaired) electrons. The Morgan fingerprint density at radius 1 is 0.645 bits per heavy atom. The van der Waals surface area contributed by atoms with Crippen LogP contribution in [0.25, 0.3) is 21.8 Å². The molecule has 322 valence electrons. The number of amides is 2. The number of nitrogens with one attached hydrogen (secondary N) is 2. The molecule has 14 heteroatoms. The fourth-order valence-electron chi connectivity index (χ4n) is 7.25. The minimum absolute atomic E-state index is 0.157. The van der Waals surface area contributed by atoms with Crippen LogP contribution in [-0.4, -0.2) is 85.7 Å². The third-order valence-electron chi connectivity index (χ3n) is 10.1. The molecular weight excluding hydrogens is 804 g/mol. The number of hydrogen-bond acceptors (Lipinski definition) is 11. The van der Waals surface area contributed by atoms with Crippen molar-refractivity contribution in [3.63, 3.8) is 0 Å². The fourth-order valence-corrected chi connectivity index (χ4v) is 8.84. The van der Waals surface area contributed by atoms with Gasteiger partial charge >= 0.3 is 0 Å². The number of carbonyl (C=O) groups is 2. The Balaban J connectivity index is 1.16. The topological polar surface area (TPSA) is 157 Å². The summed E-state index contributed by atoms with van der Waals surface area (Å²) in [6.45, 7) is 9.29. The molecule has 1 unspecified atom stereocenters. The fraction of sp³-hybridized carbons (Fsp3) is 0.312. The Hall–Kier alpha value is -6.00. The maximum absolute atomic E-state index is 13.7. The second kappa shape index (κ2) is 21.7. The summed E-state index contributed by atoms with van der Waals surface area (Å²) >= 11 is 0. The van der Waals surface area contributed by atoms with Gasteiger partial charge in [0.1, 0.15) is 28.5 Å². The van der Waals surface area contributed by atoms with Gasteiger partial charge in [-0.05, 0) is 80.8 Å². The van der Waals surface area contributed by atoms with Crippen molar-refractivity contribution in [3.8, 4) is 17.6 Å². The predicted octanol–water partition coefficient (Wildman–Crippen LogP) is 8.56. The predicted molar refractivity (Wildman–Crippen MR) is 241 cm³/mol. The summed E-state index contributed by atoms with van der Waals surface area (Å²) in [5.41, 5.74) is 3.02. The number of pyridine rings is 2. The quantitative estimate of drug-likeness (QED) is 0.0309. The second-order valence-electron chi connectivity index (χ2n) is 14.8. The molecular formula is C48H53N6O7P. The molecule has 0 saturated carbocycles. The zero-order chi connectivity index (χ0) is 44.1. The molecule has 62 heavy (non-hydrogen) atoms. The van der Waals surface area contributed by atoms with Gasteiger partial charge in [-0.2, -0.15) is 5.26 Å². The van der Waals surface area contributed by atoms with Crippen molar-refractivity contribution in [3.05, 3.63) is 143 Å². The molecule has 6 aromatic rings. The smallest absolute Gasteiger partial charge is 0.269 e. The first kappa shape index (κ1) is 45.5. The molecule has 4 aromatic carbocycles. The molecule has 0 bridgehead atoms. The molecule has 2 aromatic heterocycles. The lowest BCUT2D eigenvalue weighted by Gasteiger charge is -2.36. The summed E-state index contributed by atoms with van der Waals surface area (Å²) < 4.78 is 32.0. The minimum Gasteiger partial charge on any atom is -0.497 e. The first-order valence-corrected chi connectivity index (χ1v) is 21.7. The number of ether oxygens (including phenoxy) is 3. The first-order valence-electron chi connectivity index (χ1n) is 20.6. The number of nitrogens with zero attached hydrogens (tertiary/aromatic N) is 4. The molecule has 0 aliphatic carbocycles. The average Bonchev–Trinajstić information content (AvgIpc) is 3.30. The van der Waals surface area contributed by atoms with E-state index in [0.717, 1.165) is 39.0 Å². The molecule has 13 nitrogen and oxygen atoms in total. The van der Waals surface area contributed by atoms with E-state index in [4.69, 9.17) is 38.5 Å². The Bertz CT molecular complexity index is 2410. The van der Waals surface area contributed by atoms with Gasteiger partial charge in [0.05, 0.1) is 57.6 Å². The highest BCUT2D eigenvalue weighted by Crippen LogP contribution is 2.46. The summed E-state index contributed by atoms with van der Waals surface area (Å²) in [5, 5.41) is 16.4. The monoisotopic (exact) mass is 856 g/mol. The normalized spacial score (nSPS) is 12.1. The van der Waals surface area contributed by atoms with E-state index in [1.165, 1.54) is 0 Å². The standard InChI is InChI=1S/C48H53N6O7P/c1-33(2)54(34(3)4)62(60-30-10-27-49)61-32-29-51-47(56)43-26-16-36-14-13-35-15-25-42(52-44(35)45(36)53-43)46(55)50-28-31-59-48(37-11-8-7-9-12-37,38-17-21-40(57-5)22-18-38)39-19-23-41(58-6)24-20-39/h7-9,11-26,33-34H,10,28-32H2,1-6H3,(H,50,55)(H,51,56).